The van der Waals surface area contributed by atoms with Gasteiger partial charge in [-0.05, 0) is 19.1 Å². The van der Waals surface area contributed by atoms with Crippen molar-refractivity contribution in [3.63, 3.8) is 0 Å². The zero-order valence-electron chi connectivity index (χ0n) is 11.2. The molecule has 0 aliphatic carbocycles. The SMILES string of the molecule is Cc1[nH]c2ccc([N+](=O)[O-])cc2c1/C=C(\C#N)S(C)(=O)=O. The zero-order chi connectivity index (χ0) is 15.8. The quantitative estimate of drug-likeness (QED) is 0.530. The summed E-state index contributed by atoms with van der Waals surface area (Å²) in [5, 5.41) is 20.3. The monoisotopic (exact) mass is 305 g/mol. The van der Waals surface area contributed by atoms with E-state index in [4.69, 9.17) is 5.26 Å². The van der Waals surface area contributed by atoms with E-state index in [1.54, 1.807) is 19.1 Å². The van der Waals surface area contributed by atoms with Crippen molar-refractivity contribution in [1.82, 2.24) is 4.98 Å². The summed E-state index contributed by atoms with van der Waals surface area (Å²) in [7, 11) is -3.65. The van der Waals surface area contributed by atoms with Gasteiger partial charge in [0.05, 0.1) is 4.92 Å². The molecule has 1 aromatic heterocycles. The predicted octanol–water partition coefficient (Wildman–Crippen LogP) is 2.29. The van der Waals surface area contributed by atoms with Gasteiger partial charge in [0.2, 0.25) is 0 Å². The highest BCUT2D eigenvalue weighted by Crippen LogP contribution is 2.28. The van der Waals surface area contributed by atoms with Crippen LogP contribution in [-0.2, 0) is 9.84 Å². The van der Waals surface area contributed by atoms with Crippen molar-refractivity contribution in [3.05, 3.63) is 44.5 Å². The number of allylic oxidation sites excluding steroid dienone is 1. The Morgan fingerprint density at radius 1 is 1.48 bits per heavy atom. The molecule has 2 aromatic rings. The summed E-state index contributed by atoms with van der Waals surface area (Å²) < 4.78 is 23.0. The number of sulfone groups is 1. The molecule has 0 atom stereocenters. The maximum atomic E-state index is 11.5. The maximum Gasteiger partial charge on any atom is 0.270 e. The van der Waals surface area contributed by atoms with Gasteiger partial charge >= 0.3 is 0 Å². The van der Waals surface area contributed by atoms with Crippen LogP contribution in [0.5, 0.6) is 0 Å². The lowest BCUT2D eigenvalue weighted by molar-refractivity contribution is -0.384. The molecule has 0 radical (unpaired) electrons. The number of rotatable bonds is 3. The molecule has 0 spiro atoms. The van der Waals surface area contributed by atoms with E-state index in [1.165, 1.54) is 18.2 Å². The molecule has 0 amide bonds. The Kier molecular flexibility index (Phi) is 3.53. The van der Waals surface area contributed by atoms with Gasteiger partial charge in [0.25, 0.3) is 5.69 Å². The lowest BCUT2D eigenvalue weighted by Crippen LogP contribution is -1.98. The van der Waals surface area contributed by atoms with Crippen molar-refractivity contribution < 1.29 is 13.3 Å². The Hall–Kier alpha value is -2.66. The number of H-pyrrole nitrogens is 1. The first-order valence-corrected chi connectivity index (χ1v) is 7.71. The van der Waals surface area contributed by atoms with Crippen LogP contribution in [0.25, 0.3) is 17.0 Å². The predicted molar refractivity (Wildman–Crippen MR) is 78.1 cm³/mol. The topological polar surface area (TPSA) is 117 Å². The second-order valence-corrected chi connectivity index (χ2v) is 6.53. The average molecular weight is 305 g/mol. The normalized spacial score (nSPS) is 12.3. The molecular formula is C13H11N3O4S. The third kappa shape index (κ3) is 2.78. The Morgan fingerprint density at radius 2 is 2.14 bits per heavy atom. The van der Waals surface area contributed by atoms with Gasteiger partial charge in [0.15, 0.2) is 9.84 Å². The van der Waals surface area contributed by atoms with Gasteiger partial charge in [-0.25, -0.2) is 8.42 Å². The minimum absolute atomic E-state index is 0.103. The van der Waals surface area contributed by atoms with E-state index < -0.39 is 19.7 Å². The number of aromatic amines is 1. The molecule has 21 heavy (non-hydrogen) atoms. The number of nitro benzene ring substituents is 1. The van der Waals surface area contributed by atoms with Crippen LogP contribution >= 0.6 is 0 Å². The molecule has 0 unspecified atom stereocenters. The van der Waals surface area contributed by atoms with E-state index in [0.717, 1.165) is 6.26 Å². The molecule has 7 nitrogen and oxygen atoms in total. The highest BCUT2D eigenvalue weighted by molar-refractivity contribution is 7.95. The lowest BCUT2D eigenvalue weighted by atomic mass is 10.1. The average Bonchev–Trinajstić information content (AvgIpc) is 2.69. The van der Waals surface area contributed by atoms with Gasteiger partial charge in [0.1, 0.15) is 11.0 Å². The number of fused-ring (bicyclic) bond motifs is 1. The van der Waals surface area contributed by atoms with Crippen molar-refractivity contribution in [2.45, 2.75) is 6.92 Å². The molecule has 108 valence electrons. The highest BCUT2D eigenvalue weighted by atomic mass is 32.2. The molecule has 1 heterocycles. The minimum Gasteiger partial charge on any atom is -0.358 e. The van der Waals surface area contributed by atoms with E-state index in [9.17, 15) is 18.5 Å². The third-order valence-corrected chi connectivity index (χ3v) is 4.02. The van der Waals surface area contributed by atoms with Crippen molar-refractivity contribution in [3.8, 4) is 6.07 Å². The van der Waals surface area contributed by atoms with Crippen LogP contribution in [0, 0.1) is 28.4 Å². The summed E-state index contributed by atoms with van der Waals surface area (Å²) in [5.41, 5.74) is 1.61. The fourth-order valence-corrected chi connectivity index (χ4v) is 2.49. The Bertz CT molecular complexity index is 917. The first kappa shape index (κ1) is 14.7. The van der Waals surface area contributed by atoms with Crippen LogP contribution in [0.2, 0.25) is 0 Å². The Balaban J connectivity index is 2.77. The second kappa shape index (κ2) is 5.03. The van der Waals surface area contributed by atoms with Gasteiger partial charge in [-0.3, -0.25) is 10.1 Å². The number of nitrogens with one attached hydrogen (secondary N) is 1. The van der Waals surface area contributed by atoms with Gasteiger partial charge in [0, 0.05) is 40.5 Å². The van der Waals surface area contributed by atoms with Gasteiger partial charge in [-0.15, -0.1) is 0 Å². The van der Waals surface area contributed by atoms with E-state index in [0.29, 0.717) is 22.2 Å². The lowest BCUT2D eigenvalue weighted by Gasteiger charge is -1.97. The summed E-state index contributed by atoms with van der Waals surface area (Å²) in [6.07, 6.45) is 2.17. The number of nitrogens with zero attached hydrogens (tertiary/aromatic N) is 2. The van der Waals surface area contributed by atoms with Crippen molar-refractivity contribution in [2.75, 3.05) is 6.26 Å². The molecular weight excluding hydrogens is 294 g/mol. The molecule has 1 N–H and O–H groups in total. The fraction of sp³-hybridized carbons (Fsp3) is 0.154. The van der Waals surface area contributed by atoms with Crippen LogP contribution < -0.4 is 0 Å². The van der Waals surface area contributed by atoms with Crippen LogP contribution in [0.15, 0.2) is 23.1 Å². The fourth-order valence-electron chi connectivity index (χ4n) is 1.99. The molecule has 0 aliphatic heterocycles. The van der Waals surface area contributed by atoms with Gasteiger partial charge in [-0.2, -0.15) is 5.26 Å². The zero-order valence-corrected chi connectivity index (χ0v) is 12.1. The van der Waals surface area contributed by atoms with Crippen molar-refractivity contribution >= 4 is 32.5 Å². The summed E-state index contributed by atoms with van der Waals surface area (Å²) in [6, 6.07) is 5.88. The number of aromatic nitrogens is 1. The molecule has 0 aliphatic rings. The first-order valence-electron chi connectivity index (χ1n) is 5.82. The smallest absolute Gasteiger partial charge is 0.270 e. The molecule has 0 bridgehead atoms. The molecule has 1 aromatic carbocycles. The van der Waals surface area contributed by atoms with Crippen LogP contribution in [0.3, 0.4) is 0 Å². The summed E-state index contributed by atoms with van der Waals surface area (Å²) >= 11 is 0. The largest absolute Gasteiger partial charge is 0.358 e. The number of hydrogen-bond acceptors (Lipinski definition) is 5. The third-order valence-electron chi connectivity index (χ3n) is 3.02. The molecule has 0 fully saturated rings. The number of nitro groups is 1. The summed E-state index contributed by atoms with van der Waals surface area (Å²) in [4.78, 5) is 12.9. The highest BCUT2D eigenvalue weighted by Gasteiger charge is 2.16. The van der Waals surface area contributed by atoms with E-state index in [1.807, 2.05) is 0 Å². The molecule has 2 rings (SSSR count). The van der Waals surface area contributed by atoms with E-state index in [-0.39, 0.29) is 5.69 Å². The van der Waals surface area contributed by atoms with E-state index in [2.05, 4.69) is 4.98 Å². The van der Waals surface area contributed by atoms with Crippen LogP contribution in [-0.4, -0.2) is 24.6 Å². The number of aryl methyl sites for hydroxylation is 1. The van der Waals surface area contributed by atoms with Crippen molar-refractivity contribution in [1.29, 1.82) is 5.26 Å². The maximum absolute atomic E-state index is 11.5. The standard InChI is InChI=1S/C13H11N3O4S/c1-8-11(6-10(7-14)21(2,19)20)12-5-9(16(17)18)3-4-13(12)15-8/h3-6,15H,1-2H3/b10-6+. The molecule has 0 saturated heterocycles. The minimum atomic E-state index is -3.65. The van der Waals surface area contributed by atoms with Gasteiger partial charge < -0.3 is 4.98 Å². The second-order valence-electron chi connectivity index (χ2n) is 4.54. The van der Waals surface area contributed by atoms with Crippen LogP contribution in [0.1, 0.15) is 11.3 Å². The van der Waals surface area contributed by atoms with Gasteiger partial charge in [-0.1, -0.05) is 0 Å². The van der Waals surface area contributed by atoms with Crippen LogP contribution in [0.4, 0.5) is 5.69 Å². The summed E-state index contributed by atoms with van der Waals surface area (Å²) in [5.74, 6) is 0. The Labute approximate surface area is 120 Å². The number of non-ortho nitro benzene ring substituents is 1. The molecule has 8 heteroatoms. The molecule has 0 saturated carbocycles. The number of nitriles is 1. The Morgan fingerprint density at radius 3 is 2.67 bits per heavy atom. The number of hydrogen-bond donors (Lipinski definition) is 1. The van der Waals surface area contributed by atoms with E-state index >= 15 is 0 Å². The summed E-state index contributed by atoms with van der Waals surface area (Å²) in [6.45, 7) is 1.70. The first-order chi connectivity index (χ1) is 9.74. The van der Waals surface area contributed by atoms with Crippen molar-refractivity contribution in [2.24, 2.45) is 0 Å². The number of benzene rings is 1.